The Balaban J connectivity index is 1.97. The third-order valence-electron chi connectivity index (χ3n) is 4.13. The van der Waals surface area contributed by atoms with Crippen LogP contribution in [0.15, 0.2) is 28.7 Å². The molecule has 1 aliphatic rings. The lowest BCUT2D eigenvalue weighted by molar-refractivity contribution is -0.00183. The third kappa shape index (κ3) is 5.06. The Morgan fingerprint density at radius 3 is 2.95 bits per heavy atom. The first kappa shape index (κ1) is 16.9. The van der Waals surface area contributed by atoms with E-state index in [1.165, 1.54) is 10.0 Å². The molecule has 118 valence electrons. The van der Waals surface area contributed by atoms with Gasteiger partial charge in [-0.25, -0.2) is 0 Å². The number of rotatable bonds is 7. The summed E-state index contributed by atoms with van der Waals surface area (Å²) in [6.45, 7) is 9.43. The Morgan fingerprint density at radius 2 is 2.24 bits per heavy atom. The molecule has 2 unspecified atom stereocenters. The lowest BCUT2D eigenvalue weighted by atomic mass is 10.0. The molecule has 1 aromatic carbocycles. The molecule has 3 nitrogen and oxygen atoms in total. The van der Waals surface area contributed by atoms with Gasteiger partial charge >= 0.3 is 0 Å². The molecule has 0 bridgehead atoms. The second-order valence-corrected chi connectivity index (χ2v) is 6.63. The van der Waals surface area contributed by atoms with E-state index in [2.05, 4.69) is 64.3 Å². The molecule has 0 radical (unpaired) electrons. The highest BCUT2D eigenvalue weighted by molar-refractivity contribution is 9.10. The van der Waals surface area contributed by atoms with Gasteiger partial charge in [-0.3, -0.25) is 4.90 Å². The maximum Gasteiger partial charge on any atom is 0.0619 e. The van der Waals surface area contributed by atoms with Crippen LogP contribution in [0.1, 0.15) is 38.3 Å². The van der Waals surface area contributed by atoms with Crippen LogP contribution < -0.4 is 5.32 Å². The van der Waals surface area contributed by atoms with E-state index in [0.717, 1.165) is 45.7 Å². The van der Waals surface area contributed by atoms with E-state index in [0.29, 0.717) is 12.1 Å². The normalized spacial score (nSPS) is 21.4. The minimum absolute atomic E-state index is 0.413. The van der Waals surface area contributed by atoms with Crippen LogP contribution in [-0.4, -0.2) is 43.8 Å². The van der Waals surface area contributed by atoms with E-state index in [9.17, 15) is 0 Å². The lowest BCUT2D eigenvalue weighted by Crippen LogP contribution is -2.44. The first-order valence-corrected chi connectivity index (χ1v) is 8.81. The van der Waals surface area contributed by atoms with E-state index >= 15 is 0 Å². The predicted molar refractivity (Wildman–Crippen MR) is 91.6 cm³/mol. The quantitative estimate of drug-likeness (QED) is 0.809. The van der Waals surface area contributed by atoms with Crippen LogP contribution in [-0.2, 0) is 4.74 Å². The van der Waals surface area contributed by atoms with Gasteiger partial charge in [-0.15, -0.1) is 0 Å². The van der Waals surface area contributed by atoms with Crippen molar-refractivity contribution < 1.29 is 4.74 Å². The molecule has 1 fully saturated rings. The number of benzene rings is 1. The van der Waals surface area contributed by atoms with Gasteiger partial charge in [0.15, 0.2) is 0 Å². The van der Waals surface area contributed by atoms with Crippen molar-refractivity contribution in [1.82, 2.24) is 10.2 Å². The molecule has 0 amide bonds. The van der Waals surface area contributed by atoms with Crippen molar-refractivity contribution in [2.24, 2.45) is 0 Å². The number of ether oxygens (including phenoxy) is 1. The molecule has 2 atom stereocenters. The fourth-order valence-corrected chi connectivity index (χ4v) is 3.39. The Labute approximate surface area is 137 Å². The molecule has 0 saturated carbocycles. The van der Waals surface area contributed by atoms with E-state index in [1.54, 1.807) is 0 Å². The molecule has 2 rings (SSSR count). The van der Waals surface area contributed by atoms with Gasteiger partial charge in [-0.2, -0.15) is 0 Å². The van der Waals surface area contributed by atoms with Crippen molar-refractivity contribution in [3.8, 4) is 0 Å². The fraction of sp³-hybridized carbons (Fsp3) is 0.647. The summed E-state index contributed by atoms with van der Waals surface area (Å²) in [5.74, 6) is 0. The van der Waals surface area contributed by atoms with Crippen LogP contribution in [0.2, 0.25) is 0 Å². The molecule has 1 heterocycles. The molecular weight excluding hydrogens is 328 g/mol. The highest BCUT2D eigenvalue weighted by Crippen LogP contribution is 2.26. The minimum Gasteiger partial charge on any atom is -0.379 e. The van der Waals surface area contributed by atoms with Crippen LogP contribution in [0.3, 0.4) is 0 Å². The zero-order valence-corrected chi connectivity index (χ0v) is 14.7. The smallest absolute Gasteiger partial charge is 0.0619 e. The van der Waals surface area contributed by atoms with E-state index in [-0.39, 0.29) is 0 Å². The zero-order valence-electron chi connectivity index (χ0n) is 13.1. The van der Waals surface area contributed by atoms with E-state index < -0.39 is 0 Å². The van der Waals surface area contributed by atoms with Crippen LogP contribution in [0.25, 0.3) is 0 Å². The number of nitrogens with one attached hydrogen (secondary N) is 1. The third-order valence-corrected chi connectivity index (χ3v) is 4.85. The van der Waals surface area contributed by atoms with Crippen molar-refractivity contribution in [3.05, 3.63) is 34.3 Å². The van der Waals surface area contributed by atoms with Crippen LogP contribution in [0.4, 0.5) is 0 Å². The van der Waals surface area contributed by atoms with E-state index in [4.69, 9.17) is 4.74 Å². The van der Waals surface area contributed by atoms with Gasteiger partial charge in [0.25, 0.3) is 0 Å². The van der Waals surface area contributed by atoms with Crippen molar-refractivity contribution in [3.63, 3.8) is 0 Å². The molecular formula is C17H27BrN2O. The van der Waals surface area contributed by atoms with Gasteiger partial charge < -0.3 is 10.1 Å². The van der Waals surface area contributed by atoms with Crippen LogP contribution in [0.5, 0.6) is 0 Å². The second kappa shape index (κ2) is 8.89. The average molecular weight is 355 g/mol. The first-order chi connectivity index (χ1) is 10.2. The largest absolute Gasteiger partial charge is 0.379 e. The summed E-state index contributed by atoms with van der Waals surface area (Å²) in [7, 11) is 0. The van der Waals surface area contributed by atoms with Gasteiger partial charge in [0.05, 0.1) is 13.2 Å². The number of hydrogen-bond donors (Lipinski definition) is 1. The van der Waals surface area contributed by atoms with E-state index in [1.807, 2.05) is 0 Å². The van der Waals surface area contributed by atoms with Gasteiger partial charge in [0, 0.05) is 29.6 Å². The maximum absolute atomic E-state index is 5.52. The van der Waals surface area contributed by atoms with Crippen molar-refractivity contribution in [1.29, 1.82) is 0 Å². The summed E-state index contributed by atoms with van der Waals surface area (Å²) in [6, 6.07) is 9.50. The Bertz CT molecular complexity index is 427. The van der Waals surface area contributed by atoms with Crippen molar-refractivity contribution in [2.75, 3.05) is 32.8 Å². The van der Waals surface area contributed by atoms with Crippen LogP contribution in [0, 0.1) is 0 Å². The highest BCUT2D eigenvalue weighted by Gasteiger charge is 2.21. The monoisotopic (exact) mass is 354 g/mol. The van der Waals surface area contributed by atoms with Crippen molar-refractivity contribution >= 4 is 15.9 Å². The number of nitrogens with zero attached hydrogens (tertiary/aromatic N) is 1. The molecule has 21 heavy (non-hydrogen) atoms. The molecule has 1 saturated heterocycles. The van der Waals surface area contributed by atoms with Gasteiger partial charge in [0.2, 0.25) is 0 Å². The zero-order chi connectivity index (χ0) is 15.1. The molecule has 1 aromatic rings. The van der Waals surface area contributed by atoms with Gasteiger partial charge in [-0.1, -0.05) is 41.1 Å². The van der Waals surface area contributed by atoms with Crippen LogP contribution >= 0.6 is 15.9 Å². The molecule has 0 spiro atoms. The molecule has 4 heteroatoms. The highest BCUT2D eigenvalue weighted by atomic mass is 79.9. The molecule has 0 aliphatic carbocycles. The minimum atomic E-state index is 0.413. The summed E-state index contributed by atoms with van der Waals surface area (Å²) >= 11 is 3.69. The van der Waals surface area contributed by atoms with Crippen molar-refractivity contribution in [2.45, 2.75) is 38.8 Å². The molecule has 1 aliphatic heterocycles. The lowest BCUT2D eigenvalue weighted by Gasteiger charge is -2.34. The molecule has 0 aromatic heterocycles. The summed E-state index contributed by atoms with van der Waals surface area (Å²) in [5.41, 5.74) is 1.37. The summed E-state index contributed by atoms with van der Waals surface area (Å²) in [5, 5.41) is 3.69. The first-order valence-electron chi connectivity index (χ1n) is 8.02. The maximum atomic E-state index is 5.52. The topological polar surface area (TPSA) is 24.5 Å². The standard InChI is InChI=1S/C17H27BrN2O/c1-3-9-19-17(15-6-4-5-7-16(15)18)8-10-20-11-12-21-13-14(20)2/h4-7,14,17,19H,3,8-13H2,1-2H3. The van der Waals surface area contributed by atoms with Gasteiger partial charge in [0.1, 0.15) is 0 Å². The fourth-order valence-electron chi connectivity index (χ4n) is 2.83. The number of halogens is 1. The number of hydrogen-bond acceptors (Lipinski definition) is 3. The molecule has 1 N–H and O–H groups in total. The number of morpholine rings is 1. The Hall–Kier alpha value is -0.420. The summed E-state index contributed by atoms with van der Waals surface area (Å²) < 4.78 is 6.73. The summed E-state index contributed by atoms with van der Waals surface area (Å²) in [6.07, 6.45) is 2.29. The second-order valence-electron chi connectivity index (χ2n) is 5.78. The Kier molecular flexibility index (Phi) is 7.17. The SMILES string of the molecule is CCCNC(CCN1CCOCC1C)c1ccccc1Br. The summed E-state index contributed by atoms with van der Waals surface area (Å²) in [4.78, 5) is 2.54. The Morgan fingerprint density at radius 1 is 1.43 bits per heavy atom. The predicted octanol–water partition coefficient (Wildman–Crippen LogP) is 3.60. The average Bonchev–Trinajstić information content (AvgIpc) is 2.50. The van der Waals surface area contributed by atoms with Gasteiger partial charge in [-0.05, 0) is 37.9 Å².